The minimum Gasteiger partial charge on any atom is -0.398 e. The van der Waals surface area contributed by atoms with Gasteiger partial charge >= 0.3 is 0 Å². The van der Waals surface area contributed by atoms with Crippen LogP contribution >= 0.6 is 0 Å². The summed E-state index contributed by atoms with van der Waals surface area (Å²) >= 11 is 0. The summed E-state index contributed by atoms with van der Waals surface area (Å²) in [6.07, 6.45) is 2.23. The number of para-hydroxylation sites is 1. The molecule has 2 rings (SSSR count). The Balaban J connectivity index is 2.11. The second-order valence-electron chi connectivity index (χ2n) is 4.13. The first-order chi connectivity index (χ1) is 7.68. The molecule has 1 aromatic rings. The maximum absolute atomic E-state index is 12.1. The van der Waals surface area contributed by atoms with E-state index in [9.17, 15) is 4.21 Å². The van der Waals surface area contributed by atoms with Crippen molar-refractivity contribution >= 4 is 16.5 Å². The van der Waals surface area contributed by atoms with Gasteiger partial charge in [-0.05, 0) is 31.4 Å². The third kappa shape index (κ3) is 2.44. The average molecular weight is 239 g/mol. The summed E-state index contributed by atoms with van der Waals surface area (Å²) in [6, 6.07) is 5.67. The van der Waals surface area contributed by atoms with E-state index in [4.69, 9.17) is 10.5 Å². The lowest BCUT2D eigenvalue weighted by molar-refractivity contribution is 0.128. The molecule has 0 aliphatic carbocycles. The molecule has 0 aromatic heterocycles. The number of aryl methyl sites for hydroxylation is 1. The highest BCUT2D eigenvalue weighted by molar-refractivity contribution is 7.85. The van der Waals surface area contributed by atoms with Gasteiger partial charge in [0, 0.05) is 6.61 Å². The van der Waals surface area contributed by atoms with Crippen molar-refractivity contribution in [1.82, 2.24) is 0 Å². The predicted octanol–water partition coefficient (Wildman–Crippen LogP) is 1.86. The Kier molecular flexibility index (Phi) is 3.61. The standard InChI is InChI=1S/C12H17NO2S/c1-9-4-2-6-11(12(9)13)16(14)8-10-5-3-7-15-10/h2,4,6,10H,3,5,7-8,13H2,1H3. The summed E-state index contributed by atoms with van der Waals surface area (Å²) in [7, 11) is -1.05. The number of anilines is 1. The van der Waals surface area contributed by atoms with Crippen molar-refractivity contribution in [2.75, 3.05) is 18.1 Å². The molecular weight excluding hydrogens is 222 g/mol. The molecule has 0 radical (unpaired) electrons. The van der Waals surface area contributed by atoms with E-state index < -0.39 is 10.8 Å². The molecule has 0 amide bonds. The fraction of sp³-hybridized carbons (Fsp3) is 0.500. The monoisotopic (exact) mass is 239 g/mol. The van der Waals surface area contributed by atoms with Crippen LogP contribution in [0.25, 0.3) is 0 Å². The van der Waals surface area contributed by atoms with Crippen LogP contribution in [0.2, 0.25) is 0 Å². The van der Waals surface area contributed by atoms with Crippen molar-refractivity contribution in [2.45, 2.75) is 30.8 Å². The van der Waals surface area contributed by atoms with E-state index in [0.717, 1.165) is 29.9 Å². The number of nitrogen functional groups attached to an aromatic ring is 1. The third-order valence-corrected chi connectivity index (χ3v) is 4.41. The van der Waals surface area contributed by atoms with Crippen molar-refractivity contribution in [3.8, 4) is 0 Å². The number of benzene rings is 1. The van der Waals surface area contributed by atoms with Gasteiger partial charge in [0.05, 0.1) is 33.2 Å². The van der Waals surface area contributed by atoms with Gasteiger partial charge in [-0.2, -0.15) is 0 Å². The molecule has 3 nitrogen and oxygen atoms in total. The first-order valence-corrected chi connectivity index (χ1v) is 6.85. The molecule has 1 aromatic carbocycles. The van der Waals surface area contributed by atoms with Crippen molar-refractivity contribution in [1.29, 1.82) is 0 Å². The fourth-order valence-electron chi connectivity index (χ4n) is 1.89. The smallest absolute Gasteiger partial charge is 0.0694 e. The highest BCUT2D eigenvalue weighted by Crippen LogP contribution is 2.22. The Morgan fingerprint density at radius 2 is 2.38 bits per heavy atom. The van der Waals surface area contributed by atoms with E-state index in [1.165, 1.54) is 0 Å². The number of nitrogens with two attached hydrogens (primary N) is 1. The van der Waals surface area contributed by atoms with Gasteiger partial charge in [0.2, 0.25) is 0 Å². The lowest BCUT2D eigenvalue weighted by atomic mass is 10.2. The van der Waals surface area contributed by atoms with Crippen LogP contribution in [0.3, 0.4) is 0 Å². The van der Waals surface area contributed by atoms with Crippen LogP contribution in [-0.4, -0.2) is 22.7 Å². The van der Waals surface area contributed by atoms with Crippen LogP contribution in [-0.2, 0) is 15.5 Å². The van der Waals surface area contributed by atoms with E-state index in [1.54, 1.807) is 0 Å². The van der Waals surface area contributed by atoms with E-state index in [2.05, 4.69) is 0 Å². The number of hydrogen-bond acceptors (Lipinski definition) is 3. The molecule has 2 N–H and O–H groups in total. The van der Waals surface area contributed by atoms with Gasteiger partial charge in [-0.3, -0.25) is 4.21 Å². The number of hydrogen-bond donors (Lipinski definition) is 1. The van der Waals surface area contributed by atoms with Gasteiger partial charge in [0.25, 0.3) is 0 Å². The molecular formula is C12H17NO2S. The van der Waals surface area contributed by atoms with Gasteiger partial charge in [0.15, 0.2) is 0 Å². The summed E-state index contributed by atoms with van der Waals surface area (Å²) in [4.78, 5) is 0.746. The topological polar surface area (TPSA) is 52.3 Å². The first kappa shape index (κ1) is 11.6. The molecule has 2 atom stereocenters. The molecule has 2 unspecified atom stereocenters. The van der Waals surface area contributed by atoms with E-state index in [1.807, 2.05) is 25.1 Å². The van der Waals surface area contributed by atoms with Crippen LogP contribution in [0.1, 0.15) is 18.4 Å². The summed E-state index contributed by atoms with van der Waals surface area (Å²) < 4.78 is 17.6. The van der Waals surface area contributed by atoms with Gasteiger partial charge in [-0.15, -0.1) is 0 Å². The second kappa shape index (κ2) is 4.97. The molecule has 16 heavy (non-hydrogen) atoms. The summed E-state index contributed by atoms with van der Waals surface area (Å²) in [6.45, 7) is 2.73. The zero-order chi connectivity index (χ0) is 11.5. The Morgan fingerprint density at radius 1 is 1.56 bits per heavy atom. The van der Waals surface area contributed by atoms with E-state index in [0.29, 0.717) is 11.4 Å². The quantitative estimate of drug-likeness (QED) is 0.819. The Bertz CT molecular complexity index is 400. The zero-order valence-electron chi connectivity index (χ0n) is 9.44. The Morgan fingerprint density at radius 3 is 3.06 bits per heavy atom. The largest absolute Gasteiger partial charge is 0.398 e. The minimum absolute atomic E-state index is 0.140. The highest BCUT2D eigenvalue weighted by Gasteiger charge is 2.20. The summed E-state index contributed by atoms with van der Waals surface area (Å²) in [5.74, 6) is 0.563. The molecule has 4 heteroatoms. The third-order valence-electron chi connectivity index (χ3n) is 2.89. The Labute approximate surface area is 98.4 Å². The molecule has 0 bridgehead atoms. The minimum atomic E-state index is -1.05. The molecule has 1 heterocycles. The highest BCUT2D eigenvalue weighted by atomic mass is 32.2. The molecule has 1 saturated heterocycles. The van der Waals surface area contributed by atoms with Crippen LogP contribution < -0.4 is 5.73 Å². The molecule has 88 valence electrons. The molecule has 1 fully saturated rings. The van der Waals surface area contributed by atoms with Gasteiger partial charge in [0.1, 0.15) is 0 Å². The van der Waals surface area contributed by atoms with Crippen molar-refractivity contribution < 1.29 is 8.95 Å². The summed E-state index contributed by atoms with van der Waals surface area (Å²) in [5, 5.41) is 0. The van der Waals surface area contributed by atoms with Crippen LogP contribution in [0.5, 0.6) is 0 Å². The van der Waals surface area contributed by atoms with Crippen molar-refractivity contribution in [2.24, 2.45) is 0 Å². The first-order valence-electron chi connectivity index (χ1n) is 5.53. The molecule has 1 aliphatic heterocycles. The lowest BCUT2D eigenvalue weighted by Gasteiger charge is -2.11. The second-order valence-corrected chi connectivity index (χ2v) is 5.60. The van der Waals surface area contributed by atoms with Crippen LogP contribution in [0, 0.1) is 6.92 Å². The van der Waals surface area contributed by atoms with Gasteiger partial charge in [-0.25, -0.2) is 0 Å². The average Bonchev–Trinajstić information content (AvgIpc) is 2.74. The van der Waals surface area contributed by atoms with Gasteiger partial charge in [-0.1, -0.05) is 12.1 Å². The molecule has 0 spiro atoms. The number of rotatable bonds is 3. The predicted molar refractivity (Wildman–Crippen MR) is 65.8 cm³/mol. The fourth-order valence-corrected chi connectivity index (χ4v) is 3.30. The number of ether oxygens (including phenoxy) is 1. The van der Waals surface area contributed by atoms with Gasteiger partial charge < -0.3 is 10.5 Å². The normalized spacial score (nSPS) is 22.2. The van der Waals surface area contributed by atoms with E-state index in [-0.39, 0.29) is 6.10 Å². The summed E-state index contributed by atoms with van der Waals surface area (Å²) in [5.41, 5.74) is 7.56. The zero-order valence-corrected chi connectivity index (χ0v) is 10.3. The van der Waals surface area contributed by atoms with Crippen molar-refractivity contribution in [3.63, 3.8) is 0 Å². The van der Waals surface area contributed by atoms with Crippen LogP contribution in [0.4, 0.5) is 5.69 Å². The maximum atomic E-state index is 12.1. The van der Waals surface area contributed by atoms with Crippen LogP contribution in [0.15, 0.2) is 23.1 Å². The van der Waals surface area contributed by atoms with Crippen molar-refractivity contribution in [3.05, 3.63) is 23.8 Å². The molecule has 1 aliphatic rings. The SMILES string of the molecule is Cc1cccc(S(=O)CC2CCCO2)c1N. The van der Waals surface area contributed by atoms with E-state index >= 15 is 0 Å². The lowest BCUT2D eigenvalue weighted by Crippen LogP contribution is -2.16. The Hall–Kier alpha value is -0.870. The maximum Gasteiger partial charge on any atom is 0.0694 e. The molecule has 0 saturated carbocycles.